The smallest absolute Gasteiger partial charge is 0.276 e. The van der Waals surface area contributed by atoms with Crippen molar-refractivity contribution in [3.05, 3.63) is 76.6 Å². The Kier molecular flexibility index (Phi) is 6.89. The van der Waals surface area contributed by atoms with Gasteiger partial charge in [0, 0.05) is 23.5 Å². The van der Waals surface area contributed by atoms with Gasteiger partial charge in [0.15, 0.2) is 12.4 Å². The van der Waals surface area contributed by atoms with Gasteiger partial charge in [0.2, 0.25) is 0 Å². The molecule has 0 bridgehead atoms. The summed E-state index contributed by atoms with van der Waals surface area (Å²) in [5.74, 6) is 0.456. The molecule has 2 aromatic carbocycles. The SMILES string of the molecule is Cc1cc(OCn2ccc(C(=O)Nc3ccc(CN4CCCCC4)cc3)n2)ccc1Cl. The van der Waals surface area contributed by atoms with E-state index in [2.05, 4.69) is 27.4 Å². The Morgan fingerprint density at radius 2 is 1.87 bits per heavy atom. The Hall–Kier alpha value is -2.83. The number of rotatable bonds is 7. The molecule has 1 fully saturated rings. The summed E-state index contributed by atoms with van der Waals surface area (Å²) in [6, 6.07) is 15.2. The zero-order valence-electron chi connectivity index (χ0n) is 17.7. The van der Waals surface area contributed by atoms with E-state index in [0.717, 1.165) is 17.8 Å². The van der Waals surface area contributed by atoms with Crippen molar-refractivity contribution in [3.8, 4) is 5.75 Å². The number of hydrogen-bond acceptors (Lipinski definition) is 4. The topological polar surface area (TPSA) is 59.4 Å². The van der Waals surface area contributed by atoms with Crippen molar-refractivity contribution < 1.29 is 9.53 Å². The Morgan fingerprint density at radius 1 is 1.10 bits per heavy atom. The van der Waals surface area contributed by atoms with Crippen molar-refractivity contribution in [2.45, 2.75) is 39.5 Å². The molecule has 1 amide bonds. The molecule has 0 saturated carbocycles. The van der Waals surface area contributed by atoms with Crippen LogP contribution in [-0.2, 0) is 13.3 Å². The molecule has 7 heteroatoms. The molecule has 31 heavy (non-hydrogen) atoms. The van der Waals surface area contributed by atoms with Gasteiger partial charge < -0.3 is 10.1 Å². The predicted molar refractivity (Wildman–Crippen MR) is 123 cm³/mol. The Balaban J connectivity index is 1.29. The minimum Gasteiger partial charge on any atom is -0.471 e. The van der Waals surface area contributed by atoms with Crippen LogP contribution in [0.1, 0.15) is 40.9 Å². The zero-order chi connectivity index (χ0) is 21.6. The number of anilines is 1. The van der Waals surface area contributed by atoms with Crippen LogP contribution in [0.2, 0.25) is 5.02 Å². The van der Waals surface area contributed by atoms with Crippen molar-refractivity contribution >= 4 is 23.2 Å². The van der Waals surface area contributed by atoms with E-state index in [0.29, 0.717) is 16.5 Å². The number of nitrogens with one attached hydrogen (secondary N) is 1. The Bertz CT molecular complexity index is 1030. The summed E-state index contributed by atoms with van der Waals surface area (Å²) in [6.45, 7) is 5.43. The van der Waals surface area contributed by atoms with Crippen molar-refractivity contribution in [2.75, 3.05) is 18.4 Å². The molecule has 1 aromatic heterocycles. The molecule has 0 radical (unpaired) electrons. The van der Waals surface area contributed by atoms with Gasteiger partial charge >= 0.3 is 0 Å². The fraction of sp³-hybridized carbons (Fsp3) is 0.333. The number of carbonyl (C=O) groups excluding carboxylic acids is 1. The van der Waals surface area contributed by atoms with Crippen molar-refractivity contribution in [1.29, 1.82) is 0 Å². The monoisotopic (exact) mass is 438 g/mol. The lowest BCUT2D eigenvalue weighted by atomic mass is 10.1. The molecule has 162 valence electrons. The number of ether oxygens (including phenoxy) is 1. The molecule has 1 saturated heterocycles. The molecule has 0 atom stereocenters. The van der Waals surface area contributed by atoms with Crippen LogP contribution in [-0.4, -0.2) is 33.7 Å². The zero-order valence-corrected chi connectivity index (χ0v) is 18.4. The average Bonchev–Trinajstić information content (AvgIpc) is 3.26. The van der Waals surface area contributed by atoms with Gasteiger partial charge in [0.1, 0.15) is 5.75 Å². The fourth-order valence-electron chi connectivity index (χ4n) is 3.67. The van der Waals surface area contributed by atoms with Crippen LogP contribution in [0.4, 0.5) is 5.69 Å². The van der Waals surface area contributed by atoms with Gasteiger partial charge in [0.05, 0.1) is 0 Å². The second kappa shape index (κ2) is 9.98. The third-order valence-electron chi connectivity index (χ3n) is 5.43. The van der Waals surface area contributed by atoms with Gasteiger partial charge in [-0.2, -0.15) is 5.10 Å². The van der Waals surface area contributed by atoms with E-state index in [1.54, 1.807) is 29.1 Å². The molecule has 2 heterocycles. The molecule has 0 spiro atoms. The third kappa shape index (κ3) is 5.87. The van der Waals surface area contributed by atoms with Crippen LogP contribution >= 0.6 is 11.6 Å². The molecule has 1 N–H and O–H groups in total. The van der Waals surface area contributed by atoms with E-state index in [1.165, 1.54) is 37.9 Å². The van der Waals surface area contributed by atoms with Crippen LogP contribution < -0.4 is 10.1 Å². The van der Waals surface area contributed by atoms with E-state index in [9.17, 15) is 4.79 Å². The lowest BCUT2D eigenvalue weighted by molar-refractivity contribution is 0.102. The molecule has 6 nitrogen and oxygen atoms in total. The normalized spacial score (nSPS) is 14.4. The number of aromatic nitrogens is 2. The highest BCUT2D eigenvalue weighted by Crippen LogP contribution is 2.21. The van der Waals surface area contributed by atoms with Crippen molar-refractivity contribution in [1.82, 2.24) is 14.7 Å². The summed E-state index contributed by atoms with van der Waals surface area (Å²) in [5, 5.41) is 7.91. The number of carbonyl (C=O) groups is 1. The molecule has 1 aliphatic rings. The number of hydrogen-bond donors (Lipinski definition) is 1. The second-order valence-electron chi connectivity index (χ2n) is 7.91. The molecule has 3 aromatic rings. The number of benzene rings is 2. The van der Waals surface area contributed by atoms with E-state index < -0.39 is 0 Å². The summed E-state index contributed by atoms with van der Waals surface area (Å²) in [4.78, 5) is 15.0. The highest BCUT2D eigenvalue weighted by Gasteiger charge is 2.12. The van der Waals surface area contributed by atoms with E-state index in [4.69, 9.17) is 16.3 Å². The summed E-state index contributed by atoms with van der Waals surface area (Å²) in [6.07, 6.45) is 5.62. The molecule has 0 unspecified atom stereocenters. The average molecular weight is 439 g/mol. The molecular formula is C24H27ClN4O2. The number of piperidine rings is 1. The molecule has 0 aliphatic carbocycles. The van der Waals surface area contributed by atoms with E-state index in [1.807, 2.05) is 25.1 Å². The maximum Gasteiger partial charge on any atom is 0.276 e. The van der Waals surface area contributed by atoms with Gasteiger partial charge in [-0.25, -0.2) is 4.68 Å². The number of halogens is 1. The largest absolute Gasteiger partial charge is 0.471 e. The summed E-state index contributed by atoms with van der Waals surface area (Å²) < 4.78 is 7.30. The molecule has 1 aliphatic heterocycles. The lowest BCUT2D eigenvalue weighted by Crippen LogP contribution is -2.29. The van der Waals surface area contributed by atoms with Gasteiger partial charge in [-0.05, 0) is 80.4 Å². The van der Waals surface area contributed by atoms with Crippen molar-refractivity contribution in [2.24, 2.45) is 0 Å². The summed E-state index contributed by atoms with van der Waals surface area (Å²) in [5.41, 5.74) is 3.31. The first-order valence-corrected chi connectivity index (χ1v) is 11.0. The standard InChI is InChI=1S/C24H27ClN4O2/c1-18-15-21(9-10-22(18)25)31-17-29-14-11-23(27-29)24(30)26-20-7-5-19(6-8-20)16-28-12-3-2-4-13-28/h5-11,14-15H,2-4,12-13,16-17H2,1H3,(H,26,30). The number of aryl methyl sites for hydroxylation is 1. The number of amides is 1. The Labute approximate surface area is 187 Å². The summed E-state index contributed by atoms with van der Waals surface area (Å²) >= 11 is 6.04. The fourth-order valence-corrected chi connectivity index (χ4v) is 3.78. The van der Waals surface area contributed by atoms with Gasteiger partial charge in [0.25, 0.3) is 5.91 Å². The quantitative estimate of drug-likeness (QED) is 0.556. The first-order chi connectivity index (χ1) is 15.1. The van der Waals surface area contributed by atoms with E-state index in [-0.39, 0.29) is 12.6 Å². The highest BCUT2D eigenvalue weighted by atomic mass is 35.5. The van der Waals surface area contributed by atoms with Crippen LogP contribution in [0.5, 0.6) is 5.75 Å². The number of nitrogens with zero attached hydrogens (tertiary/aromatic N) is 3. The lowest BCUT2D eigenvalue weighted by Gasteiger charge is -2.26. The van der Waals surface area contributed by atoms with Gasteiger partial charge in [-0.15, -0.1) is 0 Å². The first-order valence-electron chi connectivity index (χ1n) is 10.6. The van der Waals surface area contributed by atoms with Crippen LogP contribution in [0.25, 0.3) is 0 Å². The highest BCUT2D eigenvalue weighted by molar-refractivity contribution is 6.31. The first kappa shape index (κ1) is 21.4. The van der Waals surface area contributed by atoms with Crippen LogP contribution in [0, 0.1) is 6.92 Å². The maximum atomic E-state index is 12.5. The van der Waals surface area contributed by atoms with Crippen LogP contribution in [0.3, 0.4) is 0 Å². The molecular weight excluding hydrogens is 412 g/mol. The minimum absolute atomic E-state index is 0.208. The van der Waals surface area contributed by atoms with Gasteiger partial charge in [-0.1, -0.05) is 30.2 Å². The molecule has 4 rings (SSSR count). The van der Waals surface area contributed by atoms with Crippen molar-refractivity contribution in [3.63, 3.8) is 0 Å². The third-order valence-corrected chi connectivity index (χ3v) is 5.86. The van der Waals surface area contributed by atoms with E-state index >= 15 is 0 Å². The minimum atomic E-state index is -0.245. The van der Waals surface area contributed by atoms with Crippen LogP contribution in [0.15, 0.2) is 54.7 Å². The van der Waals surface area contributed by atoms with Gasteiger partial charge in [-0.3, -0.25) is 9.69 Å². The predicted octanol–water partition coefficient (Wildman–Crippen LogP) is 5.12. The second-order valence-corrected chi connectivity index (χ2v) is 8.32. The number of likely N-dealkylation sites (tertiary alicyclic amines) is 1. The summed E-state index contributed by atoms with van der Waals surface area (Å²) in [7, 11) is 0. The Morgan fingerprint density at radius 3 is 2.61 bits per heavy atom. The maximum absolute atomic E-state index is 12.5.